The van der Waals surface area contributed by atoms with Crippen molar-refractivity contribution in [3.05, 3.63) is 35.4 Å². The van der Waals surface area contributed by atoms with Crippen molar-refractivity contribution in [3.63, 3.8) is 0 Å². The van der Waals surface area contributed by atoms with Gasteiger partial charge >= 0.3 is 0 Å². The van der Waals surface area contributed by atoms with E-state index < -0.39 is 0 Å². The van der Waals surface area contributed by atoms with E-state index in [1.165, 1.54) is 11.1 Å². The highest BCUT2D eigenvalue weighted by molar-refractivity contribution is 5.81. The third kappa shape index (κ3) is 2.87. The van der Waals surface area contributed by atoms with Crippen molar-refractivity contribution in [2.45, 2.75) is 33.6 Å². The van der Waals surface area contributed by atoms with Gasteiger partial charge in [0.05, 0.1) is 0 Å². The molecule has 0 aliphatic heterocycles. The minimum absolute atomic E-state index is 0.147. The second kappa shape index (κ2) is 4.52. The van der Waals surface area contributed by atoms with E-state index in [0.717, 1.165) is 19.4 Å². The van der Waals surface area contributed by atoms with Crippen LogP contribution in [-0.2, 0) is 17.6 Å². The van der Waals surface area contributed by atoms with Gasteiger partial charge in [0.2, 0.25) is 5.91 Å². The standard InChI is InChI=1S/C15H21NO/c1-15(2,3)14(17)16-10-11-8-12-6-4-5-7-13(12)9-11/h4-7,11H,8-10H2,1-3H3,(H,16,17). The molecule has 0 fully saturated rings. The van der Waals surface area contributed by atoms with Crippen molar-refractivity contribution in [1.29, 1.82) is 0 Å². The van der Waals surface area contributed by atoms with E-state index in [1.807, 2.05) is 20.8 Å². The topological polar surface area (TPSA) is 29.1 Å². The molecule has 2 rings (SSSR count). The lowest BCUT2D eigenvalue weighted by atomic mass is 9.95. The van der Waals surface area contributed by atoms with Crippen molar-refractivity contribution in [2.24, 2.45) is 11.3 Å². The van der Waals surface area contributed by atoms with Gasteiger partial charge in [-0.3, -0.25) is 4.79 Å². The molecule has 0 unspecified atom stereocenters. The van der Waals surface area contributed by atoms with E-state index in [1.54, 1.807) is 0 Å². The van der Waals surface area contributed by atoms with E-state index in [2.05, 4.69) is 29.6 Å². The summed E-state index contributed by atoms with van der Waals surface area (Å²) in [5.74, 6) is 0.715. The zero-order chi connectivity index (χ0) is 12.5. The van der Waals surface area contributed by atoms with Crippen LogP contribution in [0.15, 0.2) is 24.3 Å². The van der Waals surface area contributed by atoms with Gasteiger partial charge < -0.3 is 5.32 Å². The Balaban J connectivity index is 1.87. The molecule has 0 radical (unpaired) electrons. The molecule has 1 aliphatic rings. The van der Waals surface area contributed by atoms with Crippen LogP contribution in [-0.4, -0.2) is 12.5 Å². The number of carbonyl (C=O) groups is 1. The van der Waals surface area contributed by atoms with E-state index in [-0.39, 0.29) is 11.3 Å². The number of hydrogen-bond donors (Lipinski definition) is 1. The molecule has 2 nitrogen and oxygen atoms in total. The Morgan fingerprint density at radius 3 is 2.24 bits per heavy atom. The van der Waals surface area contributed by atoms with Crippen molar-refractivity contribution < 1.29 is 4.79 Å². The second-order valence-corrected chi connectivity index (χ2v) is 6.00. The molecule has 1 aromatic rings. The molecule has 92 valence electrons. The summed E-state index contributed by atoms with van der Waals surface area (Å²) >= 11 is 0. The molecule has 1 aliphatic carbocycles. The molecular formula is C15H21NO. The van der Waals surface area contributed by atoms with Gasteiger partial charge in [-0.1, -0.05) is 45.0 Å². The Morgan fingerprint density at radius 2 is 1.76 bits per heavy atom. The van der Waals surface area contributed by atoms with E-state index in [0.29, 0.717) is 5.92 Å². The van der Waals surface area contributed by atoms with Crippen LogP contribution >= 0.6 is 0 Å². The van der Waals surface area contributed by atoms with Crippen LogP contribution in [0.5, 0.6) is 0 Å². The summed E-state index contributed by atoms with van der Waals surface area (Å²) in [6, 6.07) is 8.58. The summed E-state index contributed by atoms with van der Waals surface area (Å²) < 4.78 is 0. The summed E-state index contributed by atoms with van der Waals surface area (Å²) in [5.41, 5.74) is 2.61. The summed E-state index contributed by atoms with van der Waals surface area (Å²) in [6.45, 7) is 6.65. The molecule has 0 spiro atoms. The summed E-state index contributed by atoms with van der Waals surface area (Å²) in [4.78, 5) is 11.8. The second-order valence-electron chi connectivity index (χ2n) is 6.00. The van der Waals surface area contributed by atoms with Gasteiger partial charge in [-0.05, 0) is 29.9 Å². The predicted octanol–water partition coefficient (Wildman–Crippen LogP) is 2.56. The van der Waals surface area contributed by atoms with Crippen LogP contribution in [0.1, 0.15) is 31.9 Å². The van der Waals surface area contributed by atoms with Gasteiger partial charge in [0.25, 0.3) is 0 Å². The maximum Gasteiger partial charge on any atom is 0.225 e. The van der Waals surface area contributed by atoms with E-state index in [4.69, 9.17) is 0 Å². The average molecular weight is 231 g/mol. The average Bonchev–Trinajstić information content (AvgIpc) is 2.66. The normalized spacial score (nSPS) is 15.7. The number of benzene rings is 1. The molecule has 1 aromatic carbocycles. The van der Waals surface area contributed by atoms with Crippen LogP contribution < -0.4 is 5.32 Å². The maximum atomic E-state index is 11.8. The molecule has 0 atom stereocenters. The van der Waals surface area contributed by atoms with Crippen LogP contribution in [0, 0.1) is 11.3 Å². The highest BCUT2D eigenvalue weighted by atomic mass is 16.2. The fourth-order valence-corrected chi connectivity index (χ4v) is 2.30. The third-order valence-electron chi connectivity index (χ3n) is 3.37. The molecule has 17 heavy (non-hydrogen) atoms. The summed E-state index contributed by atoms with van der Waals surface area (Å²) in [5, 5.41) is 3.06. The molecule has 2 heteroatoms. The van der Waals surface area contributed by atoms with Gasteiger partial charge in [0.1, 0.15) is 0 Å². The van der Waals surface area contributed by atoms with Gasteiger partial charge in [0, 0.05) is 12.0 Å². The summed E-state index contributed by atoms with van der Waals surface area (Å²) in [6.07, 6.45) is 2.20. The first-order chi connectivity index (χ1) is 7.97. The maximum absolute atomic E-state index is 11.8. The van der Waals surface area contributed by atoms with Crippen molar-refractivity contribution >= 4 is 5.91 Å². The Kier molecular flexibility index (Phi) is 3.23. The number of rotatable bonds is 2. The van der Waals surface area contributed by atoms with Crippen molar-refractivity contribution in [2.75, 3.05) is 6.54 Å². The Bertz CT molecular complexity index is 392. The van der Waals surface area contributed by atoms with Crippen molar-refractivity contribution in [1.82, 2.24) is 5.32 Å². The zero-order valence-electron chi connectivity index (χ0n) is 10.9. The highest BCUT2D eigenvalue weighted by Gasteiger charge is 2.24. The first-order valence-electron chi connectivity index (χ1n) is 6.32. The molecule has 1 N–H and O–H groups in total. The van der Waals surface area contributed by atoms with Crippen LogP contribution in [0.3, 0.4) is 0 Å². The smallest absolute Gasteiger partial charge is 0.225 e. The zero-order valence-corrected chi connectivity index (χ0v) is 10.9. The minimum Gasteiger partial charge on any atom is -0.355 e. The Hall–Kier alpha value is -1.31. The molecule has 0 aromatic heterocycles. The van der Waals surface area contributed by atoms with Gasteiger partial charge in [-0.15, -0.1) is 0 Å². The molecule has 0 saturated heterocycles. The quantitative estimate of drug-likeness (QED) is 0.832. The monoisotopic (exact) mass is 231 g/mol. The number of nitrogens with one attached hydrogen (secondary N) is 1. The molecule has 0 bridgehead atoms. The number of amides is 1. The lowest BCUT2D eigenvalue weighted by Gasteiger charge is -2.19. The van der Waals surface area contributed by atoms with Gasteiger partial charge in [0.15, 0.2) is 0 Å². The first kappa shape index (κ1) is 12.2. The summed E-state index contributed by atoms with van der Waals surface area (Å²) in [7, 11) is 0. The molecular weight excluding hydrogens is 210 g/mol. The van der Waals surface area contributed by atoms with Gasteiger partial charge in [-0.25, -0.2) is 0 Å². The molecule has 0 saturated carbocycles. The molecule has 1 amide bonds. The first-order valence-corrected chi connectivity index (χ1v) is 6.32. The number of fused-ring (bicyclic) bond motifs is 1. The van der Waals surface area contributed by atoms with Crippen LogP contribution in [0.2, 0.25) is 0 Å². The van der Waals surface area contributed by atoms with E-state index >= 15 is 0 Å². The van der Waals surface area contributed by atoms with E-state index in [9.17, 15) is 4.79 Å². The van der Waals surface area contributed by atoms with Gasteiger partial charge in [-0.2, -0.15) is 0 Å². The lowest BCUT2D eigenvalue weighted by molar-refractivity contribution is -0.128. The van der Waals surface area contributed by atoms with Crippen LogP contribution in [0.25, 0.3) is 0 Å². The highest BCUT2D eigenvalue weighted by Crippen LogP contribution is 2.26. The molecule has 0 heterocycles. The number of carbonyl (C=O) groups excluding carboxylic acids is 1. The predicted molar refractivity (Wildman–Crippen MR) is 69.8 cm³/mol. The van der Waals surface area contributed by atoms with Crippen LogP contribution in [0.4, 0.5) is 0 Å². The lowest BCUT2D eigenvalue weighted by Crippen LogP contribution is -2.37. The number of hydrogen-bond acceptors (Lipinski definition) is 1. The SMILES string of the molecule is CC(C)(C)C(=O)NCC1Cc2ccccc2C1. The Labute approximate surface area is 103 Å². The largest absolute Gasteiger partial charge is 0.355 e. The fourth-order valence-electron chi connectivity index (χ4n) is 2.30. The Morgan fingerprint density at radius 1 is 1.24 bits per heavy atom. The fraction of sp³-hybridized carbons (Fsp3) is 0.533. The van der Waals surface area contributed by atoms with Crippen molar-refractivity contribution in [3.8, 4) is 0 Å². The minimum atomic E-state index is -0.286. The third-order valence-corrected chi connectivity index (χ3v) is 3.37.